The molecule has 1 aromatic rings. The maximum Gasteiger partial charge on any atom is 0.142 e. The van der Waals surface area contributed by atoms with Crippen LogP contribution in [-0.2, 0) is 11.2 Å². The molecule has 0 aromatic heterocycles. The number of carbonyl (C=O) groups excluding carboxylic acids is 1. The van der Waals surface area contributed by atoms with E-state index in [1.165, 1.54) is 12.1 Å². The number of carbonyl (C=O) groups is 1. The molecule has 76 valence electrons. The van der Waals surface area contributed by atoms with E-state index in [9.17, 15) is 9.18 Å². The van der Waals surface area contributed by atoms with Crippen molar-refractivity contribution in [1.29, 1.82) is 0 Å². The molecule has 0 radical (unpaired) electrons. The van der Waals surface area contributed by atoms with Gasteiger partial charge in [-0.05, 0) is 24.2 Å². The predicted molar refractivity (Wildman–Crippen MR) is 53.8 cm³/mol. The Morgan fingerprint density at radius 3 is 2.79 bits per heavy atom. The van der Waals surface area contributed by atoms with E-state index < -0.39 is 5.82 Å². The second-order valence-corrected chi connectivity index (χ2v) is 3.41. The van der Waals surface area contributed by atoms with Crippen LogP contribution in [-0.4, -0.2) is 12.3 Å². The van der Waals surface area contributed by atoms with Gasteiger partial charge in [0.15, 0.2) is 0 Å². The summed E-state index contributed by atoms with van der Waals surface area (Å²) < 4.78 is 12.9. The highest BCUT2D eigenvalue weighted by Gasteiger charge is 2.05. The fraction of sp³-hybridized carbons (Fsp3) is 0.300. The zero-order valence-corrected chi connectivity index (χ0v) is 8.35. The molecule has 0 spiro atoms. The number of hydrogen-bond donors (Lipinski definition) is 1. The number of nitrogens with two attached hydrogens (primary N) is 1. The van der Waals surface area contributed by atoms with Gasteiger partial charge in [-0.2, -0.15) is 0 Å². The molecule has 0 aliphatic heterocycles. The lowest BCUT2D eigenvalue weighted by Gasteiger charge is -2.01. The number of Topliss-reactive ketones (excluding diaryl/α,β-unsaturated/α-hetero) is 1. The third kappa shape index (κ3) is 3.09. The van der Waals surface area contributed by atoms with E-state index in [1.54, 1.807) is 6.07 Å². The van der Waals surface area contributed by atoms with Gasteiger partial charge in [-0.25, -0.2) is 4.39 Å². The van der Waals surface area contributed by atoms with E-state index >= 15 is 0 Å². The smallest absolute Gasteiger partial charge is 0.142 e. The minimum absolute atomic E-state index is 0.00854. The third-order valence-electron chi connectivity index (χ3n) is 1.81. The molecule has 0 atom stereocenters. The highest BCUT2D eigenvalue weighted by atomic mass is 35.5. The van der Waals surface area contributed by atoms with Crippen LogP contribution in [0.2, 0.25) is 5.02 Å². The van der Waals surface area contributed by atoms with Gasteiger partial charge in [0.2, 0.25) is 0 Å². The summed E-state index contributed by atoms with van der Waals surface area (Å²) in [5.74, 6) is -0.487. The van der Waals surface area contributed by atoms with Gasteiger partial charge < -0.3 is 5.73 Å². The molecule has 0 saturated carbocycles. The first-order valence-electron chi connectivity index (χ1n) is 4.29. The quantitative estimate of drug-likeness (QED) is 0.834. The predicted octanol–water partition coefficient (Wildman–Crippen LogP) is 1.94. The Bertz CT molecular complexity index is 341. The first-order valence-corrected chi connectivity index (χ1v) is 4.67. The molecule has 0 aliphatic rings. The van der Waals surface area contributed by atoms with E-state index in [0.717, 1.165) is 0 Å². The van der Waals surface area contributed by atoms with Gasteiger partial charge in [0.25, 0.3) is 0 Å². The standard InChI is InChI=1S/C10H11ClFNO/c11-9-2-1-7(6-10(9)12)5-8(14)3-4-13/h1-2,6H,3-5,13H2. The van der Waals surface area contributed by atoms with Crippen molar-refractivity contribution in [3.8, 4) is 0 Å². The average molecular weight is 216 g/mol. The highest BCUT2D eigenvalue weighted by molar-refractivity contribution is 6.30. The van der Waals surface area contributed by atoms with Crippen LogP contribution in [0.5, 0.6) is 0 Å². The molecule has 0 saturated heterocycles. The van der Waals surface area contributed by atoms with E-state index in [4.69, 9.17) is 17.3 Å². The van der Waals surface area contributed by atoms with Crippen LogP contribution in [0.15, 0.2) is 18.2 Å². The van der Waals surface area contributed by atoms with Crippen LogP contribution in [0.4, 0.5) is 4.39 Å². The Balaban J connectivity index is 2.68. The first-order chi connectivity index (χ1) is 6.63. The minimum Gasteiger partial charge on any atom is -0.330 e. The molecule has 0 bridgehead atoms. The van der Waals surface area contributed by atoms with Gasteiger partial charge in [-0.1, -0.05) is 17.7 Å². The van der Waals surface area contributed by atoms with Gasteiger partial charge in [0.1, 0.15) is 11.6 Å². The summed E-state index contributed by atoms with van der Waals surface area (Å²) in [5, 5.41) is 0.0695. The molecule has 2 nitrogen and oxygen atoms in total. The van der Waals surface area contributed by atoms with E-state index in [-0.39, 0.29) is 17.2 Å². The first kappa shape index (κ1) is 11.1. The van der Waals surface area contributed by atoms with E-state index in [1.807, 2.05) is 0 Å². The van der Waals surface area contributed by atoms with Crippen molar-refractivity contribution in [3.63, 3.8) is 0 Å². The van der Waals surface area contributed by atoms with Crippen molar-refractivity contribution >= 4 is 17.4 Å². The molecule has 0 aliphatic carbocycles. The Labute approximate surface area is 86.9 Å². The summed E-state index contributed by atoms with van der Waals surface area (Å²) in [6.45, 7) is 0.328. The number of benzene rings is 1. The maximum absolute atomic E-state index is 12.9. The van der Waals surface area contributed by atoms with Crippen molar-refractivity contribution in [3.05, 3.63) is 34.6 Å². The molecule has 4 heteroatoms. The van der Waals surface area contributed by atoms with Gasteiger partial charge >= 0.3 is 0 Å². The summed E-state index contributed by atoms with van der Waals surface area (Å²) in [6.07, 6.45) is 0.537. The SMILES string of the molecule is NCCC(=O)Cc1ccc(Cl)c(F)c1. The van der Waals surface area contributed by atoms with E-state index in [0.29, 0.717) is 18.5 Å². The number of ketones is 1. The molecule has 0 heterocycles. The van der Waals surface area contributed by atoms with Crippen LogP contribution in [0, 0.1) is 5.82 Å². The molecular weight excluding hydrogens is 205 g/mol. The fourth-order valence-corrected chi connectivity index (χ4v) is 1.24. The number of halogens is 2. The lowest BCUT2D eigenvalue weighted by atomic mass is 10.1. The molecular formula is C10H11ClFNO. The van der Waals surface area contributed by atoms with Crippen molar-refractivity contribution < 1.29 is 9.18 Å². The Hall–Kier alpha value is -0.930. The zero-order valence-electron chi connectivity index (χ0n) is 7.59. The average Bonchev–Trinajstić information content (AvgIpc) is 2.12. The van der Waals surface area contributed by atoms with Crippen molar-refractivity contribution in [2.45, 2.75) is 12.8 Å². The number of rotatable bonds is 4. The lowest BCUT2D eigenvalue weighted by molar-refractivity contribution is -0.118. The topological polar surface area (TPSA) is 43.1 Å². The number of hydrogen-bond acceptors (Lipinski definition) is 2. The molecule has 2 N–H and O–H groups in total. The van der Waals surface area contributed by atoms with Crippen molar-refractivity contribution in [2.75, 3.05) is 6.54 Å². The normalized spacial score (nSPS) is 10.2. The summed E-state index contributed by atoms with van der Waals surface area (Å²) in [4.78, 5) is 11.2. The summed E-state index contributed by atoms with van der Waals surface area (Å²) in [7, 11) is 0. The Kier molecular flexibility index (Phi) is 4.04. The molecule has 14 heavy (non-hydrogen) atoms. The largest absolute Gasteiger partial charge is 0.330 e. The molecule has 1 rings (SSSR count). The zero-order chi connectivity index (χ0) is 10.6. The molecule has 0 unspecified atom stereocenters. The molecule has 1 aromatic carbocycles. The fourth-order valence-electron chi connectivity index (χ4n) is 1.13. The third-order valence-corrected chi connectivity index (χ3v) is 2.12. The van der Waals surface area contributed by atoms with Crippen molar-refractivity contribution in [1.82, 2.24) is 0 Å². The maximum atomic E-state index is 12.9. The Morgan fingerprint density at radius 1 is 1.50 bits per heavy atom. The second-order valence-electron chi connectivity index (χ2n) is 3.00. The van der Waals surface area contributed by atoms with Crippen LogP contribution in [0.25, 0.3) is 0 Å². The van der Waals surface area contributed by atoms with Gasteiger partial charge in [0, 0.05) is 12.8 Å². The lowest BCUT2D eigenvalue weighted by Crippen LogP contribution is -2.10. The van der Waals surface area contributed by atoms with Gasteiger partial charge in [-0.3, -0.25) is 4.79 Å². The van der Waals surface area contributed by atoms with Crippen LogP contribution >= 0.6 is 11.6 Å². The van der Waals surface area contributed by atoms with E-state index in [2.05, 4.69) is 0 Å². The van der Waals surface area contributed by atoms with Crippen LogP contribution in [0.1, 0.15) is 12.0 Å². The minimum atomic E-state index is -0.496. The molecule has 0 amide bonds. The molecule has 0 fully saturated rings. The van der Waals surface area contributed by atoms with Gasteiger partial charge in [0.05, 0.1) is 5.02 Å². The monoisotopic (exact) mass is 215 g/mol. The highest BCUT2D eigenvalue weighted by Crippen LogP contribution is 2.16. The van der Waals surface area contributed by atoms with Crippen LogP contribution in [0.3, 0.4) is 0 Å². The summed E-state index contributed by atoms with van der Waals surface area (Å²) in [5.41, 5.74) is 5.85. The second kappa shape index (κ2) is 5.08. The van der Waals surface area contributed by atoms with Crippen molar-refractivity contribution in [2.24, 2.45) is 5.73 Å². The van der Waals surface area contributed by atoms with Crippen LogP contribution < -0.4 is 5.73 Å². The summed E-state index contributed by atoms with van der Waals surface area (Å²) in [6, 6.07) is 4.36. The Morgan fingerprint density at radius 2 is 2.21 bits per heavy atom. The van der Waals surface area contributed by atoms with Gasteiger partial charge in [-0.15, -0.1) is 0 Å². The summed E-state index contributed by atoms with van der Waals surface area (Å²) >= 11 is 5.50.